The molecule has 1 aromatic carbocycles. The molecule has 1 heterocycles. The van der Waals surface area contributed by atoms with Gasteiger partial charge in [0.05, 0.1) is 6.26 Å². The summed E-state index contributed by atoms with van der Waals surface area (Å²) in [6, 6.07) is 4.85. The molecule has 5 nitrogen and oxygen atoms in total. The number of piperazine rings is 1. The van der Waals surface area contributed by atoms with Gasteiger partial charge in [0, 0.05) is 44.0 Å². The fraction of sp³-hybridized carbons (Fsp3) is 0.500. The molecule has 19 heavy (non-hydrogen) atoms. The summed E-state index contributed by atoms with van der Waals surface area (Å²) in [4.78, 5) is 1.98. The highest BCUT2D eigenvalue weighted by molar-refractivity contribution is 7.88. The van der Waals surface area contributed by atoms with E-state index in [1.807, 2.05) is 11.0 Å². The van der Waals surface area contributed by atoms with Crippen molar-refractivity contribution in [3.63, 3.8) is 0 Å². The number of sulfonamides is 1. The van der Waals surface area contributed by atoms with E-state index in [1.165, 1.54) is 16.6 Å². The van der Waals surface area contributed by atoms with Crippen molar-refractivity contribution in [3.8, 4) is 0 Å². The van der Waals surface area contributed by atoms with Crippen LogP contribution in [0.4, 0.5) is 10.1 Å². The fourth-order valence-corrected chi connectivity index (χ4v) is 3.13. The largest absolute Gasteiger partial charge is 0.369 e. The van der Waals surface area contributed by atoms with Gasteiger partial charge in [-0.15, -0.1) is 0 Å². The first-order chi connectivity index (χ1) is 8.93. The molecule has 0 atom stereocenters. The molecule has 7 heteroatoms. The summed E-state index contributed by atoms with van der Waals surface area (Å²) in [5.74, 6) is -0.314. The predicted molar refractivity (Wildman–Crippen MR) is 72.9 cm³/mol. The van der Waals surface area contributed by atoms with E-state index in [0.29, 0.717) is 31.7 Å². The second-order valence-corrected chi connectivity index (χ2v) is 6.57. The van der Waals surface area contributed by atoms with Gasteiger partial charge in [-0.05, 0) is 12.1 Å². The van der Waals surface area contributed by atoms with Crippen LogP contribution in [0.15, 0.2) is 18.2 Å². The lowest BCUT2D eigenvalue weighted by atomic mass is 10.1. The highest BCUT2D eigenvalue weighted by atomic mass is 32.2. The SMILES string of the molecule is CS(=O)(=O)N1CCN(c2cccc(F)c2CN)CC1. The van der Waals surface area contributed by atoms with Crippen LogP contribution < -0.4 is 10.6 Å². The van der Waals surface area contributed by atoms with Crippen molar-refractivity contribution < 1.29 is 12.8 Å². The molecule has 2 rings (SSSR count). The van der Waals surface area contributed by atoms with Crippen molar-refractivity contribution >= 4 is 15.7 Å². The molecule has 0 radical (unpaired) electrons. The predicted octanol–water partition coefficient (Wildman–Crippen LogP) is 0.366. The van der Waals surface area contributed by atoms with Crippen molar-refractivity contribution in [3.05, 3.63) is 29.6 Å². The summed E-state index contributed by atoms with van der Waals surface area (Å²) in [7, 11) is -3.15. The highest BCUT2D eigenvalue weighted by Crippen LogP contribution is 2.24. The second kappa shape index (κ2) is 5.44. The van der Waals surface area contributed by atoms with Crippen LogP contribution in [0, 0.1) is 5.82 Å². The zero-order valence-electron chi connectivity index (χ0n) is 10.8. The molecule has 1 aliphatic rings. The Hall–Kier alpha value is -1.18. The minimum absolute atomic E-state index is 0.133. The van der Waals surface area contributed by atoms with Crippen LogP contribution in [-0.2, 0) is 16.6 Å². The van der Waals surface area contributed by atoms with E-state index in [9.17, 15) is 12.8 Å². The standard InChI is InChI=1S/C12H18FN3O2S/c1-19(17,18)16-7-5-15(6-8-16)12-4-2-3-11(13)10(12)9-14/h2-4H,5-9,14H2,1H3. The molecule has 106 valence electrons. The third-order valence-electron chi connectivity index (χ3n) is 3.35. The number of rotatable bonds is 3. The Balaban J connectivity index is 2.16. The maximum absolute atomic E-state index is 13.7. The van der Waals surface area contributed by atoms with Crippen molar-refractivity contribution in [2.24, 2.45) is 5.73 Å². The van der Waals surface area contributed by atoms with Gasteiger partial charge in [-0.3, -0.25) is 0 Å². The van der Waals surface area contributed by atoms with Crippen LogP contribution in [0.3, 0.4) is 0 Å². The minimum Gasteiger partial charge on any atom is -0.369 e. The number of halogens is 1. The van der Waals surface area contributed by atoms with Gasteiger partial charge in [-0.2, -0.15) is 4.31 Å². The lowest BCUT2D eigenvalue weighted by molar-refractivity contribution is 0.387. The normalized spacial score (nSPS) is 17.7. The van der Waals surface area contributed by atoms with Crippen molar-refractivity contribution in [1.82, 2.24) is 4.31 Å². The maximum Gasteiger partial charge on any atom is 0.211 e. The first-order valence-corrected chi connectivity index (χ1v) is 7.96. The number of benzene rings is 1. The Morgan fingerprint density at radius 2 is 1.89 bits per heavy atom. The van der Waals surface area contributed by atoms with Crippen molar-refractivity contribution in [2.45, 2.75) is 6.54 Å². The number of anilines is 1. The summed E-state index contributed by atoms with van der Waals surface area (Å²) < 4.78 is 38.0. The van der Waals surface area contributed by atoms with Gasteiger partial charge < -0.3 is 10.6 Å². The van der Waals surface area contributed by atoms with Gasteiger partial charge in [-0.1, -0.05) is 6.07 Å². The van der Waals surface area contributed by atoms with Crippen LogP contribution in [0.5, 0.6) is 0 Å². The van der Waals surface area contributed by atoms with E-state index in [2.05, 4.69) is 0 Å². The van der Waals surface area contributed by atoms with E-state index in [-0.39, 0.29) is 12.4 Å². The van der Waals surface area contributed by atoms with Gasteiger partial charge in [-0.25, -0.2) is 12.8 Å². The zero-order valence-corrected chi connectivity index (χ0v) is 11.7. The summed E-state index contributed by atoms with van der Waals surface area (Å²) in [6.45, 7) is 2.06. The van der Waals surface area contributed by atoms with Crippen LogP contribution in [-0.4, -0.2) is 45.2 Å². The molecule has 1 saturated heterocycles. The molecule has 1 aromatic rings. The Morgan fingerprint density at radius 1 is 1.26 bits per heavy atom. The topological polar surface area (TPSA) is 66.6 Å². The number of nitrogens with two attached hydrogens (primary N) is 1. The van der Waals surface area contributed by atoms with E-state index in [1.54, 1.807) is 6.07 Å². The Labute approximate surface area is 112 Å². The average molecular weight is 287 g/mol. The molecular weight excluding hydrogens is 269 g/mol. The van der Waals surface area contributed by atoms with Gasteiger partial charge in [0.2, 0.25) is 10.0 Å². The number of hydrogen-bond donors (Lipinski definition) is 1. The van der Waals surface area contributed by atoms with E-state index >= 15 is 0 Å². The molecule has 1 aliphatic heterocycles. The zero-order chi connectivity index (χ0) is 14.0. The van der Waals surface area contributed by atoms with E-state index in [0.717, 1.165) is 5.69 Å². The number of hydrogen-bond acceptors (Lipinski definition) is 4. The maximum atomic E-state index is 13.7. The molecule has 0 spiro atoms. The third-order valence-corrected chi connectivity index (χ3v) is 4.65. The summed E-state index contributed by atoms with van der Waals surface area (Å²) in [5.41, 5.74) is 6.82. The summed E-state index contributed by atoms with van der Waals surface area (Å²) in [5, 5.41) is 0. The summed E-state index contributed by atoms with van der Waals surface area (Å²) >= 11 is 0. The smallest absolute Gasteiger partial charge is 0.211 e. The lowest BCUT2D eigenvalue weighted by Crippen LogP contribution is -2.48. The molecule has 0 unspecified atom stereocenters. The van der Waals surface area contributed by atoms with Crippen molar-refractivity contribution in [1.29, 1.82) is 0 Å². The Bertz CT molecular complexity index is 554. The first-order valence-electron chi connectivity index (χ1n) is 6.11. The summed E-state index contributed by atoms with van der Waals surface area (Å²) in [6.07, 6.45) is 1.20. The molecule has 0 aliphatic carbocycles. The average Bonchev–Trinajstić information content (AvgIpc) is 2.37. The molecule has 2 N–H and O–H groups in total. The fourth-order valence-electron chi connectivity index (χ4n) is 2.31. The Morgan fingerprint density at radius 3 is 2.42 bits per heavy atom. The molecule has 0 aromatic heterocycles. The first kappa shape index (κ1) is 14.2. The van der Waals surface area contributed by atoms with E-state index in [4.69, 9.17) is 5.73 Å². The molecule has 0 bridgehead atoms. The van der Waals surface area contributed by atoms with Crippen LogP contribution in [0.2, 0.25) is 0 Å². The van der Waals surface area contributed by atoms with Crippen LogP contribution in [0.25, 0.3) is 0 Å². The quantitative estimate of drug-likeness (QED) is 0.872. The van der Waals surface area contributed by atoms with Gasteiger partial charge in [0.25, 0.3) is 0 Å². The van der Waals surface area contributed by atoms with Gasteiger partial charge in [0.15, 0.2) is 0 Å². The Kier molecular flexibility index (Phi) is 4.07. The molecular formula is C12H18FN3O2S. The van der Waals surface area contributed by atoms with Gasteiger partial charge >= 0.3 is 0 Å². The number of nitrogens with zero attached hydrogens (tertiary/aromatic N) is 2. The minimum atomic E-state index is -3.15. The monoisotopic (exact) mass is 287 g/mol. The van der Waals surface area contributed by atoms with E-state index < -0.39 is 10.0 Å². The molecule has 0 saturated carbocycles. The van der Waals surface area contributed by atoms with Crippen LogP contribution in [0.1, 0.15) is 5.56 Å². The third kappa shape index (κ3) is 3.05. The lowest BCUT2D eigenvalue weighted by Gasteiger charge is -2.35. The molecule has 0 amide bonds. The second-order valence-electron chi connectivity index (χ2n) is 4.59. The van der Waals surface area contributed by atoms with Crippen molar-refractivity contribution in [2.75, 3.05) is 37.3 Å². The van der Waals surface area contributed by atoms with Gasteiger partial charge in [0.1, 0.15) is 5.82 Å². The van der Waals surface area contributed by atoms with Crippen LogP contribution >= 0.6 is 0 Å². The highest BCUT2D eigenvalue weighted by Gasteiger charge is 2.24. The molecule has 1 fully saturated rings.